The van der Waals surface area contributed by atoms with Gasteiger partial charge in [-0.05, 0) is 25.8 Å². The van der Waals surface area contributed by atoms with Crippen LogP contribution in [0.15, 0.2) is 11.4 Å². The van der Waals surface area contributed by atoms with E-state index in [0.717, 1.165) is 23.3 Å². The summed E-state index contributed by atoms with van der Waals surface area (Å²) in [6.07, 6.45) is 2.20. The van der Waals surface area contributed by atoms with Gasteiger partial charge in [0.2, 0.25) is 0 Å². The summed E-state index contributed by atoms with van der Waals surface area (Å²) in [4.78, 5) is 13.1. The summed E-state index contributed by atoms with van der Waals surface area (Å²) in [6, 6.07) is 1.97. The number of thiophene rings is 1. The number of amides is 1. The minimum Gasteiger partial charge on any atom is -0.395 e. The largest absolute Gasteiger partial charge is 0.395 e. The van der Waals surface area contributed by atoms with Crippen LogP contribution in [0.2, 0.25) is 0 Å². The molecular weight excluding hydrogens is 274 g/mol. The monoisotopic (exact) mass is 293 g/mol. The molecule has 1 aliphatic heterocycles. The number of carbonyl (C=O) groups is 1. The highest BCUT2D eigenvalue weighted by molar-refractivity contribution is 7.10. The molecule has 108 valence electrons. The maximum Gasteiger partial charge on any atom is 0.252 e. The van der Waals surface area contributed by atoms with Crippen molar-refractivity contribution in [1.82, 2.24) is 5.32 Å². The fourth-order valence-corrected chi connectivity index (χ4v) is 2.83. The van der Waals surface area contributed by atoms with Gasteiger partial charge in [-0.25, -0.2) is 0 Å². The first-order valence-corrected chi connectivity index (χ1v) is 7.61. The fourth-order valence-electron chi connectivity index (χ4n) is 2.07. The second-order valence-electron chi connectivity index (χ2n) is 4.94. The molecule has 20 heavy (non-hydrogen) atoms. The third-order valence-corrected chi connectivity index (χ3v) is 4.18. The van der Waals surface area contributed by atoms with Gasteiger partial charge in [0.05, 0.1) is 13.2 Å². The SMILES string of the molecule is CC1(C(=O)NCc2cc(C#CCCO)cs2)CCCO1. The van der Waals surface area contributed by atoms with Gasteiger partial charge in [0.15, 0.2) is 0 Å². The number of hydrogen-bond acceptors (Lipinski definition) is 4. The smallest absolute Gasteiger partial charge is 0.252 e. The van der Waals surface area contributed by atoms with Crippen LogP contribution >= 0.6 is 11.3 Å². The van der Waals surface area contributed by atoms with Gasteiger partial charge in [-0.2, -0.15) is 0 Å². The summed E-state index contributed by atoms with van der Waals surface area (Å²) in [5.74, 6) is 5.81. The van der Waals surface area contributed by atoms with Crippen molar-refractivity contribution < 1.29 is 14.6 Å². The van der Waals surface area contributed by atoms with Crippen LogP contribution in [0.4, 0.5) is 0 Å². The molecule has 1 aromatic rings. The molecule has 1 atom stereocenters. The van der Waals surface area contributed by atoms with Crippen molar-refractivity contribution in [2.45, 2.75) is 38.3 Å². The van der Waals surface area contributed by atoms with Crippen molar-refractivity contribution in [2.24, 2.45) is 0 Å². The number of rotatable bonds is 4. The molecular formula is C15H19NO3S. The lowest BCUT2D eigenvalue weighted by Gasteiger charge is -2.21. The third kappa shape index (κ3) is 3.83. The van der Waals surface area contributed by atoms with Crippen LogP contribution in [-0.2, 0) is 16.1 Å². The summed E-state index contributed by atoms with van der Waals surface area (Å²) >= 11 is 1.57. The van der Waals surface area contributed by atoms with Gasteiger partial charge in [-0.3, -0.25) is 4.79 Å². The quantitative estimate of drug-likeness (QED) is 0.830. The molecule has 1 aromatic heterocycles. The first-order valence-electron chi connectivity index (χ1n) is 6.73. The van der Waals surface area contributed by atoms with Crippen molar-refractivity contribution in [3.05, 3.63) is 21.9 Å². The van der Waals surface area contributed by atoms with Gasteiger partial charge < -0.3 is 15.2 Å². The lowest BCUT2D eigenvalue weighted by molar-refractivity contribution is -0.139. The second-order valence-corrected chi connectivity index (χ2v) is 5.94. The third-order valence-electron chi connectivity index (χ3n) is 3.25. The minimum atomic E-state index is -0.666. The topological polar surface area (TPSA) is 58.6 Å². The molecule has 0 aromatic carbocycles. The van der Waals surface area contributed by atoms with E-state index in [1.807, 2.05) is 18.4 Å². The lowest BCUT2D eigenvalue weighted by Crippen LogP contribution is -2.43. The van der Waals surface area contributed by atoms with Gasteiger partial charge in [0.25, 0.3) is 5.91 Å². The van der Waals surface area contributed by atoms with Crippen LogP contribution < -0.4 is 5.32 Å². The maximum atomic E-state index is 12.1. The minimum absolute atomic E-state index is 0.0451. The van der Waals surface area contributed by atoms with Gasteiger partial charge in [0, 0.05) is 28.8 Å². The summed E-state index contributed by atoms with van der Waals surface area (Å²) < 4.78 is 5.51. The summed E-state index contributed by atoms with van der Waals surface area (Å²) in [7, 11) is 0. The normalized spacial score (nSPS) is 21.3. The molecule has 2 N–H and O–H groups in total. The van der Waals surface area contributed by atoms with Crippen molar-refractivity contribution in [2.75, 3.05) is 13.2 Å². The molecule has 5 heteroatoms. The van der Waals surface area contributed by atoms with Crippen molar-refractivity contribution in [3.8, 4) is 11.8 Å². The highest BCUT2D eigenvalue weighted by Crippen LogP contribution is 2.25. The van der Waals surface area contributed by atoms with Crippen LogP contribution in [0.3, 0.4) is 0 Å². The van der Waals surface area contributed by atoms with E-state index in [0.29, 0.717) is 19.6 Å². The van der Waals surface area contributed by atoms with E-state index in [2.05, 4.69) is 17.2 Å². The molecule has 0 aliphatic carbocycles. The van der Waals surface area contributed by atoms with Crippen LogP contribution in [0.1, 0.15) is 36.6 Å². The van der Waals surface area contributed by atoms with Crippen LogP contribution in [0.25, 0.3) is 0 Å². The average Bonchev–Trinajstić information content (AvgIpc) is 3.06. The fraction of sp³-hybridized carbons (Fsp3) is 0.533. The Labute approximate surface area is 123 Å². The number of aliphatic hydroxyl groups excluding tert-OH is 1. The molecule has 0 saturated carbocycles. The van der Waals surface area contributed by atoms with E-state index in [1.54, 1.807) is 11.3 Å². The zero-order chi connectivity index (χ0) is 14.4. The number of nitrogens with one attached hydrogen (secondary N) is 1. The van der Waals surface area contributed by atoms with E-state index in [4.69, 9.17) is 9.84 Å². The number of hydrogen-bond donors (Lipinski definition) is 2. The van der Waals surface area contributed by atoms with E-state index in [9.17, 15) is 4.79 Å². The van der Waals surface area contributed by atoms with E-state index in [1.165, 1.54) is 0 Å². The maximum absolute atomic E-state index is 12.1. The van der Waals surface area contributed by atoms with Gasteiger partial charge in [-0.15, -0.1) is 11.3 Å². The molecule has 2 rings (SSSR count). The van der Waals surface area contributed by atoms with Gasteiger partial charge in [0.1, 0.15) is 5.60 Å². The standard InChI is InChI=1S/C15H19NO3S/c1-15(6-4-8-19-15)14(18)16-10-13-9-12(11-20-13)5-2-3-7-17/h9,11,17H,3-4,6-8,10H2,1H3,(H,16,18). The summed E-state index contributed by atoms with van der Waals surface area (Å²) in [5, 5.41) is 13.5. The van der Waals surface area contributed by atoms with E-state index >= 15 is 0 Å². The Hall–Kier alpha value is -1.35. The number of aliphatic hydroxyl groups is 1. The Kier molecular flexibility index (Phi) is 5.18. The Morgan fingerprint density at radius 2 is 2.50 bits per heavy atom. The van der Waals surface area contributed by atoms with E-state index in [-0.39, 0.29) is 12.5 Å². The van der Waals surface area contributed by atoms with Crippen LogP contribution in [-0.4, -0.2) is 29.8 Å². The zero-order valence-electron chi connectivity index (χ0n) is 11.6. The molecule has 1 saturated heterocycles. The Bertz CT molecular complexity index is 521. The lowest BCUT2D eigenvalue weighted by atomic mass is 10.0. The summed E-state index contributed by atoms with van der Waals surface area (Å²) in [6.45, 7) is 3.09. The van der Waals surface area contributed by atoms with Crippen molar-refractivity contribution in [1.29, 1.82) is 0 Å². The van der Waals surface area contributed by atoms with Crippen LogP contribution in [0.5, 0.6) is 0 Å². The van der Waals surface area contributed by atoms with Crippen LogP contribution in [0, 0.1) is 11.8 Å². The summed E-state index contributed by atoms with van der Waals surface area (Å²) in [5.41, 5.74) is 0.261. The van der Waals surface area contributed by atoms with E-state index < -0.39 is 5.60 Å². The molecule has 1 aliphatic rings. The van der Waals surface area contributed by atoms with Gasteiger partial charge in [-0.1, -0.05) is 11.8 Å². The zero-order valence-corrected chi connectivity index (χ0v) is 12.4. The molecule has 1 unspecified atom stereocenters. The predicted octanol–water partition coefficient (Wildman–Crippen LogP) is 1.67. The first kappa shape index (κ1) is 15.0. The molecule has 1 fully saturated rings. The molecule has 0 radical (unpaired) electrons. The van der Waals surface area contributed by atoms with Gasteiger partial charge >= 0.3 is 0 Å². The molecule has 1 amide bonds. The highest BCUT2D eigenvalue weighted by Gasteiger charge is 2.37. The molecule has 0 bridgehead atoms. The van der Waals surface area contributed by atoms with Crippen molar-refractivity contribution >= 4 is 17.2 Å². The average molecular weight is 293 g/mol. The Balaban J connectivity index is 1.85. The first-order chi connectivity index (χ1) is 9.64. The molecule has 4 nitrogen and oxygen atoms in total. The Morgan fingerprint density at radius 1 is 1.65 bits per heavy atom. The Morgan fingerprint density at radius 3 is 3.20 bits per heavy atom. The van der Waals surface area contributed by atoms with Crippen molar-refractivity contribution in [3.63, 3.8) is 0 Å². The predicted molar refractivity (Wildman–Crippen MR) is 78.3 cm³/mol. The molecule has 2 heterocycles. The second kappa shape index (κ2) is 6.89. The molecule has 0 spiro atoms. The number of ether oxygens (including phenoxy) is 1. The number of carbonyl (C=O) groups excluding carboxylic acids is 1. The highest BCUT2D eigenvalue weighted by atomic mass is 32.1.